The van der Waals surface area contributed by atoms with Crippen molar-refractivity contribution in [1.82, 2.24) is 10.4 Å². The van der Waals surface area contributed by atoms with Crippen molar-refractivity contribution in [1.29, 1.82) is 0 Å². The van der Waals surface area contributed by atoms with Crippen LogP contribution in [0.25, 0.3) is 0 Å². The van der Waals surface area contributed by atoms with Crippen molar-refractivity contribution in [3.8, 4) is 0 Å². The van der Waals surface area contributed by atoms with Crippen LogP contribution in [0, 0.1) is 0 Å². The Balaban J connectivity index is 2.04. The number of ether oxygens (including phenoxy) is 1. The monoisotopic (exact) mass is 172 g/mol. The smallest absolute Gasteiger partial charge is 0.0601 e. The molecular formula is C9H20N2O. The molecule has 0 radical (unpaired) electrons. The largest absolute Gasteiger partial charge is 0.383 e. The van der Waals surface area contributed by atoms with Gasteiger partial charge in [0, 0.05) is 26.7 Å². The molecule has 0 aromatic heterocycles. The van der Waals surface area contributed by atoms with Gasteiger partial charge in [-0.05, 0) is 12.8 Å². The van der Waals surface area contributed by atoms with Crippen molar-refractivity contribution in [2.24, 2.45) is 0 Å². The molecule has 0 spiro atoms. The van der Waals surface area contributed by atoms with Gasteiger partial charge < -0.3 is 4.74 Å². The molecule has 1 saturated heterocycles. The van der Waals surface area contributed by atoms with E-state index in [1.807, 2.05) is 0 Å². The minimum Gasteiger partial charge on any atom is -0.383 e. The van der Waals surface area contributed by atoms with Crippen molar-refractivity contribution < 1.29 is 4.74 Å². The Morgan fingerprint density at radius 1 is 1.17 bits per heavy atom. The molecule has 1 rings (SSSR count). The minimum atomic E-state index is 0.802. The number of methoxy groups -OCH3 is 1. The third-order valence-electron chi connectivity index (χ3n) is 2.25. The summed E-state index contributed by atoms with van der Waals surface area (Å²) in [6.45, 7) is 4.14. The van der Waals surface area contributed by atoms with Crippen LogP contribution in [0.2, 0.25) is 0 Å². The first-order valence-electron chi connectivity index (χ1n) is 4.91. The molecule has 3 nitrogen and oxygen atoms in total. The molecule has 0 amide bonds. The summed E-state index contributed by atoms with van der Waals surface area (Å²) in [5.74, 6) is 0. The Bertz CT molecular complexity index is 101. The molecule has 0 aromatic rings. The molecule has 1 heterocycles. The number of nitrogens with one attached hydrogen (secondary N) is 1. The second kappa shape index (κ2) is 6.40. The highest BCUT2D eigenvalue weighted by Crippen LogP contribution is 2.06. The van der Waals surface area contributed by atoms with E-state index in [4.69, 9.17) is 4.74 Å². The zero-order chi connectivity index (χ0) is 8.65. The summed E-state index contributed by atoms with van der Waals surface area (Å²) >= 11 is 0. The van der Waals surface area contributed by atoms with Crippen molar-refractivity contribution in [2.45, 2.75) is 25.7 Å². The van der Waals surface area contributed by atoms with Gasteiger partial charge in [0.1, 0.15) is 0 Å². The van der Waals surface area contributed by atoms with Crippen molar-refractivity contribution in [2.75, 3.05) is 33.4 Å². The third-order valence-corrected chi connectivity index (χ3v) is 2.25. The summed E-state index contributed by atoms with van der Waals surface area (Å²) in [4.78, 5) is 0. The van der Waals surface area contributed by atoms with Crippen molar-refractivity contribution in [3.63, 3.8) is 0 Å². The first kappa shape index (κ1) is 9.96. The topological polar surface area (TPSA) is 24.5 Å². The van der Waals surface area contributed by atoms with Gasteiger partial charge in [-0.3, -0.25) is 5.43 Å². The molecule has 1 N–H and O–H groups in total. The van der Waals surface area contributed by atoms with Gasteiger partial charge in [0.05, 0.1) is 6.61 Å². The van der Waals surface area contributed by atoms with Gasteiger partial charge >= 0.3 is 0 Å². The van der Waals surface area contributed by atoms with Crippen molar-refractivity contribution >= 4 is 0 Å². The van der Waals surface area contributed by atoms with Gasteiger partial charge in [0.25, 0.3) is 0 Å². The standard InChI is InChI=1S/C9H20N2O/c1-12-9-6-10-11-7-4-2-3-5-8-11/h10H,2-9H2,1H3. The quantitative estimate of drug-likeness (QED) is 0.641. The Labute approximate surface area is 75.0 Å². The highest BCUT2D eigenvalue weighted by Gasteiger charge is 2.06. The van der Waals surface area contributed by atoms with E-state index in [0.29, 0.717) is 0 Å². The summed E-state index contributed by atoms with van der Waals surface area (Å²) < 4.78 is 4.97. The number of hydrogen-bond donors (Lipinski definition) is 1. The van der Waals surface area contributed by atoms with E-state index in [1.165, 1.54) is 38.8 Å². The van der Waals surface area contributed by atoms with Gasteiger partial charge in [0.15, 0.2) is 0 Å². The second-order valence-corrected chi connectivity index (χ2v) is 3.30. The molecule has 0 saturated carbocycles. The number of hydrogen-bond acceptors (Lipinski definition) is 3. The summed E-state index contributed by atoms with van der Waals surface area (Å²) in [6.07, 6.45) is 5.45. The molecule has 0 unspecified atom stereocenters. The van der Waals surface area contributed by atoms with E-state index in [2.05, 4.69) is 10.4 Å². The summed E-state index contributed by atoms with van der Waals surface area (Å²) in [7, 11) is 1.74. The van der Waals surface area contributed by atoms with E-state index in [-0.39, 0.29) is 0 Å². The molecule has 3 heteroatoms. The average molecular weight is 172 g/mol. The van der Waals surface area contributed by atoms with Gasteiger partial charge in [-0.15, -0.1) is 0 Å². The van der Waals surface area contributed by atoms with E-state index in [0.717, 1.165) is 13.2 Å². The van der Waals surface area contributed by atoms with Crippen LogP contribution in [0.15, 0.2) is 0 Å². The van der Waals surface area contributed by atoms with Gasteiger partial charge in [-0.2, -0.15) is 0 Å². The van der Waals surface area contributed by atoms with E-state index >= 15 is 0 Å². The highest BCUT2D eigenvalue weighted by atomic mass is 16.5. The Hall–Kier alpha value is -0.120. The molecule has 72 valence electrons. The maximum atomic E-state index is 4.97. The average Bonchev–Trinajstić information content (AvgIpc) is 2.33. The molecule has 12 heavy (non-hydrogen) atoms. The van der Waals surface area contributed by atoms with Crippen LogP contribution in [0.4, 0.5) is 0 Å². The van der Waals surface area contributed by atoms with Crippen LogP contribution in [-0.2, 0) is 4.74 Å². The number of rotatable bonds is 4. The van der Waals surface area contributed by atoms with Gasteiger partial charge in [0.2, 0.25) is 0 Å². The molecule has 0 atom stereocenters. The Morgan fingerprint density at radius 2 is 1.83 bits per heavy atom. The maximum Gasteiger partial charge on any atom is 0.0601 e. The predicted molar refractivity (Wildman–Crippen MR) is 49.9 cm³/mol. The number of hydrazine groups is 1. The SMILES string of the molecule is COCCNN1CCCCCC1. The second-order valence-electron chi connectivity index (χ2n) is 3.30. The lowest BCUT2D eigenvalue weighted by atomic mass is 10.2. The molecule has 1 aliphatic rings. The van der Waals surface area contributed by atoms with E-state index in [1.54, 1.807) is 7.11 Å². The lowest BCUT2D eigenvalue weighted by Crippen LogP contribution is -2.40. The van der Waals surface area contributed by atoms with Crippen LogP contribution in [0.1, 0.15) is 25.7 Å². The van der Waals surface area contributed by atoms with Crippen LogP contribution in [-0.4, -0.2) is 38.4 Å². The minimum absolute atomic E-state index is 0.802. The Kier molecular flexibility index (Phi) is 5.32. The molecule has 0 aliphatic carbocycles. The number of nitrogens with zero attached hydrogens (tertiary/aromatic N) is 1. The first-order chi connectivity index (χ1) is 5.93. The normalized spacial score (nSPS) is 20.8. The van der Waals surface area contributed by atoms with Crippen molar-refractivity contribution in [3.05, 3.63) is 0 Å². The zero-order valence-corrected chi connectivity index (χ0v) is 8.01. The fourth-order valence-corrected chi connectivity index (χ4v) is 1.53. The van der Waals surface area contributed by atoms with Crippen LogP contribution >= 0.6 is 0 Å². The summed E-state index contributed by atoms with van der Waals surface area (Å²) in [5.41, 5.74) is 3.37. The van der Waals surface area contributed by atoms with E-state index < -0.39 is 0 Å². The van der Waals surface area contributed by atoms with Crippen LogP contribution in [0.5, 0.6) is 0 Å². The summed E-state index contributed by atoms with van der Waals surface area (Å²) in [6, 6.07) is 0. The molecule has 0 aromatic carbocycles. The van der Waals surface area contributed by atoms with Gasteiger partial charge in [-0.25, -0.2) is 5.01 Å². The fourth-order valence-electron chi connectivity index (χ4n) is 1.53. The summed E-state index contributed by atoms with van der Waals surface area (Å²) in [5, 5.41) is 2.33. The molecule has 1 fully saturated rings. The first-order valence-corrected chi connectivity index (χ1v) is 4.91. The van der Waals surface area contributed by atoms with Crippen LogP contribution < -0.4 is 5.43 Å². The fraction of sp³-hybridized carbons (Fsp3) is 1.00. The lowest BCUT2D eigenvalue weighted by molar-refractivity contribution is 0.142. The zero-order valence-electron chi connectivity index (χ0n) is 8.01. The third kappa shape index (κ3) is 4.04. The molecule has 1 aliphatic heterocycles. The van der Waals surface area contributed by atoms with E-state index in [9.17, 15) is 0 Å². The maximum absolute atomic E-state index is 4.97. The lowest BCUT2D eigenvalue weighted by Gasteiger charge is -2.20. The highest BCUT2D eigenvalue weighted by molar-refractivity contribution is 4.59. The molecule has 0 bridgehead atoms. The molecular weight excluding hydrogens is 152 g/mol. The predicted octanol–water partition coefficient (Wildman–Crippen LogP) is 1.01. The van der Waals surface area contributed by atoms with Crippen LogP contribution in [0.3, 0.4) is 0 Å². The Morgan fingerprint density at radius 3 is 2.42 bits per heavy atom. The van der Waals surface area contributed by atoms with Gasteiger partial charge in [-0.1, -0.05) is 12.8 Å².